The maximum Gasteiger partial charge on any atom is 0.237 e. The summed E-state index contributed by atoms with van der Waals surface area (Å²) in [5, 5.41) is 3.06. The number of thiocarbonyl (C=S) groups is 1. The van der Waals surface area contributed by atoms with E-state index in [0.29, 0.717) is 4.99 Å². The molecule has 0 saturated heterocycles. The summed E-state index contributed by atoms with van der Waals surface area (Å²) in [6, 6.07) is 5.93. The summed E-state index contributed by atoms with van der Waals surface area (Å²) in [7, 11) is 0. The monoisotopic (exact) mass is 304 g/mol. The highest BCUT2D eigenvalue weighted by Crippen LogP contribution is 2.37. The fourth-order valence-electron chi connectivity index (χ4n) is 3.05. The van der Waals surface area contributed by atoms with Crippen LogP contribution in [-0.2, 0) is 4.79 Å². The molecular weight excluding hydrogens is 280 g/mol. The van der Waals surface area contributed by atoms with Crippen LogP contribution in [0.5, 0.6) is 0 Å². The van der Waals surface area contributed by atoms with E-state index in [0.717, 1.165) is 55.3 Å². The van der Waals surface area contributed by atoms with Crippen LogP contribution in [0.1, 0.15) is 49.7 Å². The third kappa shape index (κ3) is 3.26. The molecule has 0 atom stereocenters. The molecule has 3 N–H and O–H groups in total. The van der Waals surface area contributed by atoms with Crippen LogP contribution in [0.3, 0.4) is 0 Å². The Hall–Kier alpha value is -1.42. The van der Waals surface area contributed by atoms with E-state index in [1.54, 1.807) is 0 Å². The second-order valence-corrected chi connectivity index (χ2v) is 6.50. The fourth-order valence-corrected chi connectivity index (χ4v) is 3.34. The van der Waals surface area contributed by atoms with Crippen molar-refractivity contribution in [2.45, 2.75) is 52.4 Å². The van der Waals surface area contributed by atoms with Gasteiger partial charge in [0.2, 0.25) is 5.91 Å². The molecule has 0 aromatic heterocycles. The predicted octanol–water partition coefficient (Wildman–Crippen LogP) is 3.87. The van der Waals surface area contributed by atoms with Gasteiger partial charge in [0.15, 0.2) is 0 Å². The molecule has 3 nitrogen and oxygen atoms in total. The van der Waals surface area contributed by atoms with Crippen LogP contribution in [0.15, 0.2) is 18.2 Å². The van der Waals surface area contributed by atoms with Crippen molar-refractivity contribution in [3.63, 3.8) is 0 Å². The zero-order valence-electron chi connectivity index (χ0n) is 12.9. The number of nitrogens with one attached hydrogen (secondary N) is 1. The van der Waals surface area contributed by atoms with Gasteiger partial charge in [0, 0.05) is 5.69 Å². The summed E-state index contributed by atoms with van der Waals surface area (Å²) >= 11 is 5.26. The maximum absolute atomic E-state index is 12.9. The molecule has 0 aliphatic heterocycles. The molecule has 0 unspecified atom stereocenters. The van der Waals surface area contributed by atoms with Crippen LogP contribution in [0.4, 0.5) is 5.69 Å². The summed E-state index contributed by atoms with van der Waals surface area (Å²) < 4.78 is 0. The van der Waals surface area contributed by atoms with E-state index in [4.69, 9.17) is 18.0 Å². The van der Waals surface area contributed by atoms with Crippen molar-refractivity contribution < 1.29 is 4.79 Å². The van der Waals surface area contributed by atoms with Crippen LogP contribution in [0, 0.1) is 19.3 Å². The molecule has 1 aromatic rings. The highest BCUT2D eigenvalue weighted by Gasteiger charge is 2.41. The second kappa shape index (κ2) is 6.56. The topological polar surface area (TPSA) is 55.1 Å². The zero-order valence-corrected chi connectivity index (χ0v) is 13.7. The number of carbonyl (C=O) groups is 1. The van der Waals surface area contributed by atoms with Crippen LogP contribution in [-0.4, -0.2) is 10.9 Å². The number of anilines is 1. The quantitative estimate of drug-likeness (QED) is 0.658. The van der Waals surface area contributed by atoms with E-state index in [2.05, 4.69) is 5.32 Å². The highest BCUT2D eigenvalue weighted by molar-refractivity contribution is 7.80. The molecular formula is C17H24N2OS. The highest BCUT2D eigenvalue weighted by atomic mass is 32.1. The summed E-state index contributed by atoms with van der Waals surface area (Å²) in [6.45, 7) is 4.06. The van der Waals surface area contributed by atoms with Gasteiger partial charge in [-0.05, 0) is 43.9 Å². The predicted molar refractivity (Wildman–Crippen MR) is 91.5 cm³/mol. The molecule has 1 amide bonds. The van der Waals surface area contributed by atoms with Gasteiger partial charge < -0.3 is 11.1 Å². The lowest BCUT2D eigenvalue weighted by molar-refractivity contribution is -0.122. The maximum atomic E-state index is 12.9. The summed E-state index contributed by atoms with van der Waals surface area (Å²) in [6.07, 6.45) is 5.86. The first kappa shape index (κ1) is 16.0. The Balaban J connectivity index is 2.27. The Kier molecular flexibility index (Phi) is 4.99. The number of rotatable bonds is 3. The molecule has 1 aliphatic carbocycles. The van der Waals surface area contributed by atoms with E-state index in [1.807, 2.05) is 32.0 Å². The van der Waals surface area contributed by atoms with Crippen LogP contribution < -0.4 is 11.1 Å². The normalized spacial score (nSPS) is 17.8. The van der Waals surface area contributed by atoms with Gasteiger partial charge >= 0.3 is 0 Å². The first-order valence-electron chi connectivity index (χ1n) is 7.65. The van der Waals surface area contributed by atoms with Gasteiger partial charge in [0.05, 0.1) is 10.4 Å². The molecule has 2 rings (SSSR count). The summed E-state index contributed by atoms with van der Waals surface area (Å²) in [4.78, 5) is 13.2. The Labute approximate surface area is 132 Å². The third-order valence-electron chi connectivity index (χ3n) is 4.72. The Morgan fingerprint density at radius 3 is 2.38 bits per heavy atom. The van der Waals surface area contributed by atoms with Crippen molar-refractivity contribution >= 4 is 28.8 Å². The Morgan fingerprint density at radius 1 is 1.19 bits per heavy atom. The molecule has 4 heteroatoms. The number of aryl methyl sites for hydroxylation is 1. The van der Waals surface area contributed by atoms with E-state index < -0.39 is 5.41 Å². The number of nitrogens with two attached hydrogens (primary N) is 1. The van der Waals surface area contributed by atoms with Gasteiger partial charge in [-0.25, -0.2) is 0 Å². The first-order chi connectivity index (χ1) is 9.97. The molecule has 1 saturated carbocycles. The number of hydrogen-bond acceptors (Lipinski definition) is 2. The van der Waals surface area contributed by atoms with E-state index in [9.17, 15) is 4.79 Å². The third-order valence-corrected chi connectivity index (χ3v) is 5.11. The van der Waals surface area contributed by atoms with Crippen LogP contribution >= 0.6 is 12.2 Å². The van der Waals surface area contributed by atoms with Gasteiger partial charge in [-0.1, -0.05) is 50.0 Å². The zero-order chi connectivity index (χ0) is 15.5. The smallest absolute Gasteiger partial charge is 0.237 e. The van der Waals surface area contributed by atoms with Crippen molar-refractivity contribution in [2.75, 3.05) is 5.32 Å². The average molecular weight is 304 g/mol. The number of amides is 1. The molecule has 1 fully saturated rings. The average Bonchev–Trinajstić information content (AvgIpc) is 2.70. The molecule has 0 bridgehead atoms. The van der Waals surface area contributed by atoms with Crippen molar-refractivity contribution in [1.29, 1.82) is 0 Å². The van der Waals surface area contributed by atoms with Crippen LogP contribution in [0.2, 0.25) is 0 Å². The van der Waals surface area contributed by atoms with Crippen molar-refractivity contribution in [1.82, 2.24) is 0 Å². The summed E-state index contributed by atoms with van der Waals surface area (Å²) in [5.74, 6) is -0.0365. The molecule has 0 heterocycles. The first-order valence-corrected chi connectivity index (χ1v) is 8.06. The number of hydrogen-bond donors (Lipinski definition) is 2. The number of benzene rings is 1. The van der Waals surface area contributed by atoms with Gasteiger partial charge in [0.1, 0.15) is 0 Å². The minimum Gasteiger partial charge on any atom is -0.392 e. The largest absolute Gasteiger partial charge is 0.392 e. The second-order valence-electron chi connectivity index (χ2n) is 6.06. The lowest BCUT2D eigenvalue weighted by Gasteiger charge is -2.30. The Morgan fingerprint density at radius 2 is 1.81 bits per heavy atom. The van der Waals surface area contributed by atoms with Crippen molar-refractivity contribution in [3.8, 4) is 0 Å². The molecule has 0 spiro atoms. The van der Waals surface area contributed by atoms with Crippen molar-refractivity contribution in [3.05, 3.63) is 29.3 Å². The van der Waals surface area contributed by atoms with Crippen molar-refractivity contribution in [2.24, 2.45) is 11.1 Å². The van der Waals surface area contributed by atoms with Gasteiger partial charge in [-0.3, -0.25) is 4.79 Å². The molecule has 1 aliphatic rings. The van der Waals surface area contributed by atoms with E-state index in [-0.39, 0.29) is 5.91 Å². The lowest BCUT2D eigenvalue weighted by atomic mass is 9.79. The molecule has 1 aromatic carbocycles. The standard InChI is InChI=1S/C17H24N2OS/c1-12-8-7-9-14(13(12)2)19-16(20)17(15(18)21)10-5-3-4-6-11-17/h7-9H,3-6,10-11H2,1-2H3,(H2,18,21)(H,19,20). The van der Waals surface area contributed by atoms with E-state index in [1.165, 1.54) is 0 Å². The SMILES string of the molecule is Cc1cccc(NC(=O)C2(C(N)=S)CCCCCC2)c1C. The molecule has 21 heavy (non-hydrogen) atoms. The minimum atomic E-state index is -0.679. The van der Waals surface area contributed by atoms with Crippen LogP contribution in [0.25, 0.3) is 0 Å². The fraction of sp³-hybridized carbons (Fsp3) is 0.529. The van der Waals surface area contributed by atoms with Gasteiger partial charge in [-0.2, -0.15) is 0 Å². The van der Waals surface area contributed by atoms with Gasteiger partial charge in [0.25, 0.3) is 0 Å². The lowest BCUT2D eigenvalue weighted by Crippen LogP contribution is -2.45. The molecule has 0 radical (unpaired) electrons. The molecule has 114 valence electrons. The minimum absolute atomic E-state index is 0.0365. The van der Waals surface area contributed by atoms with E-state index >= 15 is 0 Å². The number of carbonyl (C=O) groups excluding carboxylic acids is 1. The Bertz CT molecular complexity index is 546. The summed E-state index contributed by atoms with van der Waals surface area (Å²) in [5.41, 5.74) is 8.41. The van der Waals surface area contributed by atoms with Gasteiger partial charge in [-0.15, -0.1) is 0 Å².